The molecule has 9 heteroatoms. The third-order valence-electron chi connectivity index (χ3n) is 5.81. The largest absolute Gasteiger partial charge is 0.497 e. The van der Waals surface area contributed by atoms with Crippen molar-refractivity contribution in [1.82, 2.24) is 14.9 Å². The van der Waals surface area contributed by atoms with Crippen molar-refractivity contribution in [3.05, 3.63) is 78.6 Å². The van der Waals surface area contributed by atoms with E-state index in [1.807, 2.05) is 48.5 Å². The molecule has 38 heavy (non-hydrogen) atoms. The number of ether oxygens (including phenoxy) is 2. The predicted octanol–water partition coefficient (Wildman–Crippen LogP) is 6.70. The highest BCUT2D eigenvalue weighted by Gasteiger charge is 2.20. The van der Waals surface area contributed by atoms with E-state index >= 15 is 0 Å². The van der Waals surface area contributed by atoms with Crippen LogP contribution in [-0.4, -0.2) is 42.1 Å². The molecular weight excluding hydrogens is 503 g/mol. The van der Waals surface area contributed by atoms with E-state index in [2.05, 4.69) is 22.1 Å². The zero-order chi connectivity index (χ0) is 26.9. The zero-order valence-electron chi connectivity index (χ0n) is 21.7. The number of methoxy groups -OCH3 is 2. The van der Waals surface area contributed by atoms with Crippen LogP contribution in [0.3, 0.4) is 0 Å². The van der Waals surface area contributed by atoms with Gasteiger partial charge in [-0.2, -0.15) is 0 Å². The fourth-order valence-electron chi connectivity index (χ4n) is 4.01. The van der Waals surface area contributed by atoms with Crippen LogP contribution in [0, 0.1) is 5.82 Å². The van der Waals surface area contributed by atoms with Crippen molar-refractivity contribution < 1.29 is 18.7 Å². The highest BCUT2D eigenvalue weighted by atomic mass is 32.2. The molecule has 0 unspecified atom stereocenters. The standard InChI is InChI=1S/C29H31FN4O3S/c1-4-17-34-27(21-10-14-25(37-3)15-11-21)26(20-8-12-24(36-2)13-9-20)33-29(34)38-18-16-31-28(35)32-23-7-5-6-22(30)19-23/h5-15,19H,4,16-18H2,1-3H3,(H2,31,32,35). The third-order valence-corrected chi connectivity index (χ3v) is 6.79. The number of aromatic nitrogens is 2. The molecular formula is C29H31FN4O3S. The second-order valence-electron chi connectivity index (χ2n) is 8.44. The maximum Gasteiger partial charge on any atom is 0.319 e. The van der Waals surface area contributed by atoms with Crippen molar-refractivity contribution in [2.75, 3.05) is 31.8 Å². The quantitative estimate of drug-likeness (QED) is 0.165. The number of hydrogen-bond acceptors (Lipinski definition) is 5. The lowest BCUT2D eigenvalue weighted by molar-refractivity contribution is 0.252. The Morgan fingerprint density at radius 1 is 0.974 bits per heavy atom. The Balaban J connectivity index is 1.56. The molecule has 0 radical (unpaired) electrons. The minimum atomic E-state index is -0.401. The second kappa shape index (κ2) is 13.0. The molecule has 2 N–H and O–H groups in total. The highest BCUT2D eigenvalue weighted by Crippen LogP contribution is 2.37. The molecule has 0 spiro atoms. The molecule has 1 heterocycles. The molecule has 0 aliphatic heterocycles. The Hall–Kier alpha value is -3.98. The first-order valence-electron chi connectivity index (χ1n) is 12.3. The minimum Gasteiger partial charge on any atom is -0.497 e. The first-order chi connectivity index (χ1) is 18.5. The van der Waals surface area contributed by atoms with Gasteiger partial charge in [0.1, 0.15) is 17.3 Å². The SMILES string of the molecule is CCCn1c(SCCNC(=O)Nc2cccc(F)c2)nc(-c2ccc(OC)cc2)c1-c1ccc(OC)cc1. The summed E-state index contributed by atoms with van der Waals surface area (Å²) >= 11 is 1.58. The number of rotatable bonds is 11. The fourth-order valence-corrected chi connectivity index (χ4v) is 4.89. The lowest BCUT2D eigenvalue weighted by Crippen LogP contribution is -2.30. The van der Waals surface area contributed by atoms with Crippen molar-refractivity contribution in [2.45, 2.75) is 25.0 Å². The monoisotopic (exact) mass is 534 g/mol. The van der Waals surface area contributed by atoms with Gasteiger partial charge >= 0.3 is 6.03 Å². The molecule has 7 nitrogen and oxygen atoms in total. The Kier molecular flexibility index (Phi) is 9.26. The molecule has 4 aromatic rings. The number of nitrogens with zero attached hydrogens (tertiary/aromatic N) is 2. The van der Waals surface area contributed by atoms with Crippen molar-refractivity contribution in [2.24, 2.45) is 0 Å². The maximum absolute atomic E-state index is 13.4. The summed E-state index contributed by atoms with van der Waals surface area (Å²) in [6.45, 7) is 3.35. The van der Waals surface area contributed by atoms with Crippen LogP contribution in [0.4, 0.5) is 14.9 Å². The van der Waals surface area contributed by atoms with Crippen LogP contribution in [0.5, 0.6) is 11.5 Å². The number of imidazole rings is 1. The van der Waals surface area contributed by atoms with Crippen LogP contribution in [0.25, 0.3) is 22.5 Å². The van der Waals surface area contributed by atoms with Gasteiger partial charge in [-0.05, 0) is 73.2 Å². The van der Waals surface area contributed by atoms with Crippen LogP contribution in [0.1, 0.15) is 13.3 Å². The van der Waals surface area contributed by atoms with E-state index < -0.39 is 5.82 Å². The van der Waals surface area contributed by atoms with Crippen molar-refractivity contribution in [3.63, 3.8) is 0 Å². The lowest BCUT2D eigenvalue weighted by Gasteiger charge is -2.13. The van der Waals surface area contributed by atoms with Gasteiger partial charge in [0.15, 0.2) is 5.16 Å². The molecule has 0 atom stereocenters. The molecule has 0 aliphatic rings. The number of nitrogens with one attached hydrogen (secondary N) is 2. The first-order valence-corrected chi connectivity index (χ1v) is 13.3. The van der Waals surface area contributed by atoms with Crippen LogP contribution in [-0.2, 0) is 6.54 Å². The Labute approximate surface area is 226 Å². The number of hydrogen-bond donors (Lipinski definition) is 2. The number of carbonyl (C=O) groups excluding carboxylic acids is 1. The Morgan fingerprint density at radius 3 is 2.24 bits per heavy atom. The topological polar surface area (TPSA) is 77.4 Å². The maximum atomic E-state index is 13.4. The van der Waals surface area contributed by atoms with Gasteiger partial charge in [-0.3, -0.25) is 0 Å². The van der Waals surface area contributed by atoms with Gasteiger partial charge in [0.05, 0.1) is 25.6 Å². The van der Waals surface area contributed by atoms with Gasteiger partial charge < -0.3 is 24.7 Å². The molecule has 2 amide bonds. The summed E-state index contributed by atoms with van der Waals surface area (Å²) in [4.78, 5) is 17.3. The van der Waals surface area contributed by atoms with E-state index in [1.54, 1.807) is 38.1 Å². The van der Waals surface area contributed by atoms with Gasteiger partial charge in [0, 0.05) is 35.7 Å². The van der Waals surface area contributed by atoms with Gasteiger partial charge in [-0.15, -0.1) is 0 Å². The molecule has 0 saturated heterocycles. The summed E-state index contributed by atoms with van der Waals surface area (Å²) in [6.07, 6.45) is 0.934. The predicted molar refractivity (Wildman–Crippen MR) is 151 cm³/mol. The average molecular weight is 535 g/mol. The number of carbonyl (C=O) groups is 1. The number of amides is 2. The average Bonchev–Trinajstić information content (AvgIpc) is 3.29. The Bertz CT molecular complexity index is 1360. The van der Waals surface area contributed by atoms with Crippen LogP contribution < -0.4 is 20.1 Å². The van der Waals surface area contributed by atoms with Crippen LogP contribution in [0.2, 0.25) is 0 Å². The van der Waals surface area contributed by atoms with E-state index in [-0.39, 0.29) is 6.03 Å². The van der Waals surface area contributed by atoms with Crippen molar-refractivity contribution >= 4 is 23.5 Å². The number of halogens is 1. The highest BCUT2D eigenvalue weighted by molar-refractivity contribution is 7.99. The normalized spacial score (nSPS) is 10.7. The molecule has 0 bridgehead atoms. The van der Waals surface area contributed by atoms with E-state index in [9.17, 15) is 9.18 Å². The summed E-state index contributed by atoms with van der Waals surface area (Å²) < 4.78 is 26.3. The smallest absolute Gasteiger partial charge is 0.319 e. The second-order valence-corrected chi connectivity index (χ2v) is 9.50. The minimum absolute atomic E-state index is 0.383. The molecule has 1 aromatic heterocycles. The molecule has 4 rings (SSSR count). The number of urea groups is 1. The van der Waals surface area contributed by atoms with E-state index in [0.29, 0.717) is 18.0 Å². The Morgan fingerprint density at radius 2 is 1.63 bits per heavy atom. The third kappa shape index (κ3) is 6.66. The molecule has 198 valence electrons. The lowest BCUT2D eigenvalue weighted by atomic mass is 10.0. The first kappa shape index (κ1) is 27.1. The number of anilines is 1. The van der Waals surface area contributed by atoms with Crippen molar-refractivity contribution in [1.29, 1.82) is 0 Å². The molecule has 3 aromatic carbocycles. The summed E-state index contributed by atoms with van der Waals surface area (Å²) in [6, 6.07) is 21.3. The van der Waals surface area contributed by atoms with Crippen LogP contribution >= 0.6 is 11.8 Å². The van der Waals surface area contributed by atoms with Crippen molar-refractivity contribution in [3.8, 4) is 34.0 Å². The number of benzene rings is 3. The van der Waals surface area contributed by atoms with Crippen LogP contribution in [0.15, 0.2) is 78.0 Å². The fraction of sp³-hybridized carbons (Fsp3) is 0.241. The zero-order valence-corrected chi connectivity index (χ0v) is 22.5. The molecule has 0 fully saturated rings. The summed E-state index contributed by atoms with van der Waals surface area (Å²) in [5, 5.41) is 6.34. The van der Waals surface area contributed by atoms with Gasteiger partial charge in [0.25, 0.3) is 0 Å². The van der Waals surface area contributed by atoms with E-state index in [4.69, 9.17) is 14.5 Å². The summed E-state index contributed by atoms with van der Waals surface area (Å²) in [5.41, 5.74) is 4.34. The summed E-state index contributed by atoms with van der Waals surface area (Å²) in [7, 11) is 3.30. The van der Waals surface area contributed by atoms with Gasteiger partial charge in [-0.25, -0.2) is 14.2 Å². The van der Waals surface area contributed by atoms with Gasteiger partial charge in [0.2, 0.25) is 0 Å². The van der Waals surface area contributed by atoms with E-state index in [1.165, 1.54) is 12.1 Å². The van der Waals surface area contributed by atoms with E-state index in [0.717, 1.165) is 52.1 Å². The molecule has 0 aliphatic carbocycles. The van der Waals surface area contributed by atoms with Gasteiger partial charge in [-0.1, -0.05) is 24.8 Å². The molecule has 0 saturated carbocycles. The summed E-state index contributed by atoms with van der Waals surface area (Å²) in [5.74, 6) is 1.78. The number of thioether (sulfide) groups is 1.